The molecule has 144 valence electrons. The van der Waals surface area contributed by atoms with E-state index in [1.165, 1.54) is 20.0 Å². The van der Waals surface area contributed by atoms with Crippen molar-refractivity contribution in [2.24, 2.45) is 7.05 Å². The Kier molecular flexibility index (Phi) is 4.83. The van der Waals surface area contributed by atoms with E-state index < -0.39 is 0 Å². The molecule has 0 aliphatic carbocycles. The molecule has 0 unspecified atom stereocenters. The van der Waals surface area contributed by atoms with Crippen LogP contribution in [0.25, 0.3) is 0 Å². The first-order chi connectivity index (χ1) is 13.2. The number of aromatic nitrogens is 4. The topological polar surface area (TPSA) is 79.6 Å². The third-order valence-electron chi connectivity index (χ3n) is 5.18. The van der Waals surface area contributed by atoms with Crippen LogP contribution in [0.3, 0.4) is 0 Å². The number of anilines is 2. The van der Waals surface area contributed by atoms with Gasteiger partial charge in [0.25, 0.3) is 5.91 Å². The van der Waals surface area contributed by atoms with Crippen molar-refractivity contribution < 1.29 is 9.53 Å². The van der Waals surface area contributed by atoms with Gasteiger partial charge in [0, 0.05) is 52.5 Å². The van der Waals surface area contributed by atoms with Crippen LogP contribution < -0.4 is 14.5 Å². The van der Waals surface area contributed by atoms with Crippen molar-refractivity contribution in [1.82, 2.24) is 24.9 Å². The monoisotopic (exact) mass is 371 g/mol. The third-order valence-corrected chi connectivity index (χ3v) is 5.18. The van der Waals surface area contributed by atoms with Crippen LogP contribution in [0.2, 0.25) is 0 Å². The Bertz CT molecular complexity index is 791. The molecule has 0 N–H and O–H groups in total. The first-order valence-electron chi connectivity index (χ1n) is 9.36. The van der Waals surface area contributed by atoms with Crippen molar-refractivity contribution in [2.45, 2.75) is 12.8 Å². The lowest BCUT2D eigenvalue weighted by Crippen LogP contribution is -2.49. The fraction of sp³-hybridized carbons (Fsp3) is 0.556. The third kappa shape index (κ3) is 3.54. The number of ether oxygens (including phenoxy) is 1. The highest BCUT2D eigenvalue weighted by Gasteiger charge is 2.27. The second-order valence-corrected chi connectivity index (χ2v) is 6.95. The van der Waals surface area contributed by atoms with Crippen LogP contribution in [-0.4, -0.2) is 77.2 Å². The Labute approximate surface area is 158 Å². The van der Waals surface area contributed by atoms with Crippen LogP contribution in [0.15, 0.2) is 18.3 Å². The maximum atomic E-state index is 12.8. The molecular formula is C18H25N7O2. The smallest absolute Gasteiger partial charge is 0.261 e. The normalized spacial score (nSPS) is 17.5. The van der Waals surface area contributed by atoms with Crippen molar-refractivity contribution in [1.29, 1.82) is 0 Å². The zero-order valence-electron chi connectivity index (χ0n) is 15.8. The van der Waals surface area contributed by atoms with E-state index in [1.54, 1.807) is 17.9 Å². The summed E-state index contributed by atoms with van der Waals surface area (Å²) >= 11 is 0. The van der Waals surface area contributed by atoms with E-state index in [-0.39, 0.29) is 5.91 Å². The molecule has 0 radical (unpaired) electrons. The Hall–Kier alpha value is -2.84. The van der Waals surface area contributed by atoms with Crippen molar-refractivity contribution in [3.8, 4) is 5.88 Å². The van der Waals surface area contributed by atoms with Crippen molar-refractivity contribution in [3.05, 3.63) is 23.9 Å². The molecule has 4 heterocycles. The highest BCUT2D eigenvalue weighted by atomic mass is 16.5. The fourth-order valence-electron chi connectivity index (χ4n) is 3.68. The van der Waals surface area contributed by atoms with Crippen LogP contribution in [0, 0.1) is 0 Å². The number of aryl methyl sites for hydroxylation is 1. The van der Waals surface area contributed by atoms with Gasteiger partial charge >= 0.3 is 0 Å². The summed E-state index contributed by atoms with van der Waals surface area (Å²) in [7, 11) is 3.31. The van der Waals surface area contributed by atoms with E-state index in [0.717, 1.165) is 37.8 Å². The van der Waals surface area contributed by atoms with Gasteiger partial charge in [-0.05, 0) is 25.0 Å². The van der Waals surface area contributed by atoms with Gasteiger partial charge in [-0.25, -0.2) is 0 Å². The highest BCUT2D eigenvalue weighted by molar-refractivity contribution is 5.96. The number of carbonyl (C=O) groups is 1. The molecule has 0 spiro atoms. The molecule has 2 aromatic rings. The van der Waals surface area contributed by atoms with Gasteiger partial charge in [0.2, 0.25) is 5.88 Å². The minimum absolute atomic E-state index is 0.0462. The van der Waals surface area contributed by atoms with Crippen molar-refractivity contribution >= 4 is 17.5 Å². The molecule has 2 aromatic heterocycles. The number of piperazine rings is 1. The van der Waals surface area contributed by atoms with Gasteiger partial charge in [-0.15, -0.1) is 15.3 Å². The molecule has 4 rings (SSSR count). The largest absolute Gasteiger partial charge is 0.479 e. The molecule has 9 nitrogen and oxygen atoms in total. The summed E-state index contributed by atoms with van der Waals surface area (Å²) in [6, 6.07) is 4.08. The molecule has 0 atom stereocenters. The van der Waals surface area contributed by atoms with E-state index in [4.69, 9.17) is 4.74 Å². The average molecular weight is 371 g/mol. The van der Waals surface area contributed by atoms with Gasteiger partial charge in [0.1, 0.15) is 5.56 Å². The molecule has 2 aliphatic heterocycles. The number of methoxy groups -OCH3 is 1. The summed E-state index contributed by atoms with van der Waals surface area (Å²) in [5.74, 6) is 2.14. The average Bonchev–Trinajstić information content (AvgIpc) is 3.37. The second kappa shape index (κ2) is 7.42. The van der Waals surface area contributed by atoms with Crippen LogP contribution in [-0.2, 0) is 7.05 Å². The van der Waals surface area contributed by atoms with Gasteiger partial charge in [-0.2, -0.15) is 0 Å². The van der Waals surface area contributed by atoms with E-state index in [2.05, 4.69) is 25.1 Å². The first kappa shape index (κ1) is 17.6. The van der Waals surface area contributed by atoms with E-state index in [9.17, 15) is 4.79 Å². The lowest BCUT2D eigenvalue weighted by Gasteiger charge is -2.35. The van der Waals surface area contributed by atoms with Gasteiger partial charge in [-0.1, -0.05) is 0 Å². The number of amides is 1. The predicted molar refractivity (Wildman–Crippen MR) is 101 cm³/mol. The zero-order valence-corrected chi connectivity index (χ0v) is 15.8. The van der Waals surface area contributed by atoms with Crippen LogP contribution in [0.4, 0.5) is 11.6 Å². The molecular weight excluding hydrogens is 346 g/mol. The summed E-state index contributed by atoms with van der Waals surface area (Å²) in [4.78, 5) is 19.0. The molecule has 2 saturated heterocycles. The van der Waals surface area contributed by atoms with Crippen LogP contribution in [0.1, 0.15) is 23.2 Å². The summed E-state index contributed by atoms with van der Waals surface area (Å²) in [6.45, 7) is 4.84. The second-order valence-electron chi connectivity index (χ2n) is 6.95. The van der Waals surface area contributed by atoms with E-state index in [1.807, 2.05) is 17.0 Å². The minimum Gasteiger partial charge on any atom is -0.479 e. The number of carbonyl (C=O) groups excluding carboxylic acids is 1. The Morgan fingerprint density at radius 1 is 0.963 bits per heavy atom. The van der Waals surface area contributed by atoms with Gasteiger partial charge in [0.05, 0.1) is 7.11 Å². The number of rotatable bonds is 4. The SMILES string of the molecule is COc1nn(C)cc1C(=O)N1CCN(c2ccc(N3CCCC3)nn2)CC1. The van der Waals surface area contributed by atoms with Crippen LogP contribution in [0.5, 0.6) is 5.88 Å². The lowest BCUT2D eigenvalue weighted by molar-refractivity contribution is 0.0743. The maximum Gasteiger partial charge on any atom is 0.261 e. The Morgan fingerprint density at radius 3 is 2.11 bits per heavy atom. The summed E-state index contributed by atoms with van der Waals surface area (Å²) in [5, 5.41) is 13.0. The predicted octanol–water partition coefficient (Wildman–Crippen LogP) is 0.781. The van der Waals surface area contributed by atoms with Crippen molar-refractivity contribution in [3.63, 3.8) is 0 Å². The highest BCUT2D eigenvalue weighted by Crippen LogP contribution is 2.21. The summed E-state index contributed by atoms with van der Waals surface area (Å²) in [5.41, 5.74) is 0.503. The lowest BCUT2D eigenvalue weighted by atomic mass is 10.2. The molecule has 1 amide bonds. The summed E-state index contributed by atoms with van der Waals surface area (Å²) < 4.78 is 6.81. The molecule has 0 saturated carbocycles. The first-order valence-corrected chi connectivity index (χ1v) is 9.36. The minimum atomic E-state index is -0.0462. The number of hydrogen-bond donors (Lipinski definition) is 0. The summed E-state index contributed by atoms with van der Waals surface area (Å²) in [6.07, 6.45) is 4.15. The van der Waals surface area contributed by atoms with Gasteiger partial charge in [0.15, 0.2) is 11.6 Å². The molecule has 27 heavy (non-hydrogen) atoms. The molecule has 2 fully saturated rings. The number of hydrogen-bond acceptors (Lipinski definition) is 7. The zero-order chi connectivity index (χ0) is 18.8. The fourth-order valence-corrected chi connectivity index (χ4v) is 3.68. The van der Waals surface area contributed by atoms with Crippen molar-refractivity contribution in [2.75, 3.05) is 56.2 Å². The van der Waals surface area contributed by atoms with Gasteiger partial charge in [-0.3, -0.25) is 9.48 Å². The Balaban J connectivity index is 1.37. The number of nitrogens with zero attached hydrogens (tertiary/aromatic N) is 7. The Morgan fingerprint density at radius 2 is 1.56 bits per heavy atom. The van der Waals surface area contributed by atoms with Crippen LogP contribution >= 0.6 is 0 Å². The molecule has 0 bridgehead atoms. The maximum absolute atomic E-state index is 12.8. The van der Waals surface area contributed by atoms with E-state index in [0.29, 0.717) is 24.5 Å². The van der Waals surface area contributed by atoms with Gasteiger partial charge < -0.3 is 19.4 Å². The molecule has 2 aliphatic rings. The molecule has 0 aromatic carbocycles. The molecule has 9 heteroatoms. The van der Waals surface area contributed by atoms with E-state index >= 15 is 0 Å². The standard InChI is InChI=1S/C18H25N7O2/c1-22-13-14(17(21-22)27-2)18(26)25-11-9-24(10-12-25)16-6-5-15(19-20-16)23-7-3-4-8-23/h5-6,13H,3-4,7-12H2,1-2H3. The quantitative estimate of drug-likeness (QED) is 0.786.